The quantitative estimate of drug-likeness (QED) is 0.573. The van der Waals surface area contributed by atoms with Crippen molar-refractivity contribution in [3.8, 4) is 0 Å². The fraction of sp³-hybridized carbons (Fsp3) is 0.500. The van der Waals surface area contributed by atoms with Gasteiger partial charge in [-0.3, -0.25) is 0 Å². The van der Waals surface area contributed by atoms with Gasteiger partial charge in [-0.2, -0.15) is 0 Å². The Morgan fingerprint density at radius 3 is 2.79 bits per heavy atom. The van der Waals surface area contributed by atoms with E-state index in [1.54, 1.807) is 12.3 Å². The minimum Gasteiger partial charge on any atom is -0.610 e. The number of pyridine rings is 1. The summed E-state index contributed by atoms with van der Waals surface area (Å²) in [6.45, 7) is 0.218. The van der Waals surface area contributed by atoms with Crippen LogP contribution in [0.4, 0.5) is 0 Å². The average molecular weight is 213 g/mol. The second kappa shape index (κ2) is 6.81. The lowest BCUT2D eigenvalue weighted by atomic mass is 10.3. The Bertz CT molecular complexity index is 243. The molecule has 0 saturated carbocycles. The van der Waals surface area contributed by atoms with Gasteiger partial charge in [0, 0.05) is 30.0 Å². The summed E-state index contributed by atoms with van der Waals surface area (Å²) in [7, 11) is 0. The summed E-state index contributed by atoms with van der Waals surface area (Å²) in [5.74, 6) is 0.636. The van der Waals surface area contributed by atoms with E-state index in [-0.39, 0.29) is 6.61 Å². The minimum absolute atomic E-state index is 0.218. The highest BCUT2D eigenvalue weighted by Crippen LogP contribution is 2.09. The van der Waals surface area contributed by atoms with E-state index < -0.39 is 11.2 Å². The molecule has 0 aliphatic rings. The standard InChI is InChI=1S/C10H15NO2S/c12-8-4-1-5-9-14(13)10-6-2-3-7-11-10/h2-3,6-7,12H,1,4-5,8-9H2. The van der Waals surface area contributed by atoms with Gasteiger partial charge in [0.25, 0.3) is 0 Å². The van der Waals surface area contributed by atoms with Crippen LogP contribution in [0.2, 0.25) is 0 Å². The first kappa shape index (κ1) is 11.5. The van der Waals surface area contributed by atoms with E-state index in [1.165, 1.54) is 0 Å². The summed E-state index contributed by atoms with van der Waals surface area (Å²) >= 11 is -0.980. The maximum atomic E-state index is 11.6. The lowest BCUT2D eigenvalue weighted by Gasteiger charge is -2.08. The number of hydrogen-bond donors (Lipinski definition) is 1. The molecule has 3 nitrogen and oxygen atoms in total. The molecule has 0 fully saturated rings. The van der Waals surface area contributed by atoms with E-state index in [0.29, 0.717) is 10.8 Å². The summed E-state index contributed by atoms with van der Waals surface area (Å²) < 4.78 is 11.6. The fourth-order valence-corrected chi connectivity index (χ4v) is 2.19. The zero-order valence-corrected chi connectivity index (χ0v) is 8.87. The van der Waals surface area contributed by atoms with Crippen LogP contribution in [0.1, 0.15) is 19.3 Å². The Morgan fingerprint density at radius 1 is 1.29 bits per heavy atom. The van der Waals surface area contributed by atoms with E-state index >= 15 is 0 Å². The maximum absolute atomic E-state index is 11.6. The van der Waals surface area contributed by atoms with Gasteiger partial charge < -0.3 is 9.66 Å². The third-order valence-electron chi connectivity index (χ3n) is 1.86. The predicted molar refractivity (Wildman–Crippen MR) is 56.4 cm³/mol. The van der Waals surface area contributed by atoms with Crippen LogP contribution in [0.25, 0.3) is 0 Å². The van der Waals surface area contributed by atoms with E-state index in [4.69, 9.17) is 5.11 Å². The van der Waals surface area contributed by atoms with Crippen molar-refractivity contribution >= 4 is 11.2 Å². The molecule has 1 atom stereocenters. The van der Waals surface area contributed by atoms with Crippen LogP contribution in [0.3, 0.4) is 0 Å². The molecule has 0 saturated heterocycles. The molecular formula is C10H15NO2S. The zero-order valence-electron chi connectivity index (χ0n) is 8.06. The van der Waals surface area contributed by atoms with Crippen molar-refractivity contribution < 1.29 is 9.66 Å². The first-order valence-electron chi connectivity index (χ1n) is 4.75. The number of aromatic nitrogens is 1. The van der Waals surface area contributed by atoms with Crippen LogP contribution < -0.4 is 0 Å². The number of aliphatic hydroxyl groups excluding tert-OH is 1. The van der Waals surface area contributed by atoms with Crippen molar-refractivity contribution in [1.82, 2.24) is 4.98 Å². The monoisotopic (exact) mass is 213 g/mol. The molecule has 0 radical (unpaired) electrons. The first-order chi connectivity index (χ1) is 6.84. The number of unbranched alkanes of at least 4 members (excludes halogenated alkanes) is 2. The lowest BCUT2D eigenvalue weighted by Crippen LogP contribution is -2.08. The molecule has 1 rings (SSSR count). The molecule has 0 spiro atoms. The van der Waals surface area contributed by atoms with Gasteiger partial charge in [0.1, 0.15) is 5.75 Å². The van der Waals surface area contributed by atoms with Crippen LogP contribution >= 0.6 is 0 Å². The third kappa shape index (κ3) is 4.09. The van der Waals surface area contributed by atoms with Gasteiger partial charge in [-0.05, 0) is 25.3 Å². The number of nitrogens with zero attached hydrogens (tertiary/aromatic N) is 1. The molecule has 1 aromatic heterocycles. The molecule has 1 unspecified atom stereocenters. The molecule has 0 aliphatic heterocycles. The van der Waals surface area contributed by atoms with E-state index in [1.807, 2.05) is 12.1 Å². The number of rotatable bonds is 6. The molecule has 4 heteroatoms. The van der Waals surface area contributed by atoms with Gasteiger partial charge in [0.2, 0.25) is 5.03 Å². The van der Waals surface area contributed by atoms with Crippen LogP contribution in [0.5, 0.6) is 0 Å². The molecule has 0 amide bonds. The average Bonchev–Trinajstić information content (AvgIpc) is 2.25. The van der Waals surface area contributed by atoms with Crippen molar-refractivity contribution in [1.29, 1.82) is 0 Å². The molecule has 1 N–H and O–H groups in total. The van der Waals surface area contributed by atoms with Gasteiger partial charge in [-0.25, -0.2) is 4.98 Å². The van der Waals surface area contributed by atoms with Crippen LogP contribution in [0, 0.1) is 0 Å². The Kier molecular flexibility index (Phi) is 5.59. The van der Waals surface area contributed by atoms with Crippen molar-refractivity contribution in [2.45, 2.75) is 24.3 Å². The smallest absolute Gasteiger partial charge is 0.244 e. The summed E-state index contributed by atoms with van der Waals surface area (Å²) in [5, 5.41) is 9.21. The minimum atomic E-state index is -0.980. The highest BCUT2D eigenvalue weighted by atomic mass is 32.2. The molecule has 1 aromatic rings. The second-order valence-electron chi connectivity index (χ2n) is 3.00. The zero-order chi connectivity index (χ0) is 10.2. The third-order valence-corrected chi connectivity index (χ3v) is 3.23. The van der Waals surface area contributed by atoms with Crippen LogP contribution in [0.15, 0.2) is 29.4 Å². The summed E-state index contributed by atoms with van der Waals surface area (Å²) in [6.07, 6.45) is 4.25. The highest BCUT2D eigenvalue weighted by Gasteiger charge is 2.10. The molecular weight excluding hydrogens is 198 g/mol. The van der Waals surface area contributed by atoms with Crippen molar-refractivity contribution in [3.63, 3.8) is 0 Å². The number of hydrogen-bond acceptors (Lipinski definition) is 3. The molecule has 1 heterocycles. The SMILES string of the molecule is [O-][S+](CCCCCO)c1ccccn1. The second-order valence-corrected chi connectivity index (χ2v) is 4.52. The number of aliphatic hydroxyl groups is 1. The lowest BCUT2D eigenvalue weighted by molar-refractivity contribution is 0.284. The Morgan fingerprint density at radius 2 is 2.14 bits per heavy atom. The largest absolute Gasteiger partial charge is 0.610 e. The van der Waals surface area contributed by atoms with Crippen molar-refractivity contribution in [2.24, 2.45) is 0 Å². The Labute approximate surface area is 87.4 Å². The van der Waals surface area contributed by atoms with Crippen LogP contribution in [-0.4, -0.2) is 27.0 Å². The molecule has 0 aliphatic carbocycles. The summed E-state index contributed by atoms with van der Waals surface area (Å²) in [5.41, 5.74) is 0. The van der Waals surface area contributed by atoms with Gasteiger partial charge >= 0.3 is 0 Å². The molecule has 0 aromatic carbocycles. The molecule has 14 heavy (non-hydrogen) atoms. The van der Waals surface area contributed by atoms with E-state index in [0.717, 1.165) is 19.3 Å². The summed E-state index contributed by atoms with van der Waals surface area (Å²) in [6, 6.07) is 5.43. The van der Waals surface area contributed by atoms with E-state index in [2.05, 4.69) is 4.98 Å². The van der Waals surface area contributed by atoms with Crippen molar-refractivity contribution in [3.05, 3.63) is 24.4 Å². The Balaban J connectivity index is 2.25. The highest BCUT2D eigenvalue weighted by molar-refractivity contribution is 7.91. The first-order valence-corrected chi connectivity index (χ1v) is 6.07. The van der Waals surface area contributed by atoms with Gasteiger partial charge in [-0.15, -0.1) is 0 Å². The normalized spacial score (nSPS) is 12.7. The van der Waals surface area contributed by atoms with Gasteiger partial charge in [0.05, 0.1) is 0 Å². The van der Waals surface area contributed by atoms with Crippen molar-refractivity contribution in [2.75, 3.05) is 12.4 Å². The molecule has 78 valence electrons. The predicted octanol–water partition coefficient (Wildman–Crippen LogP) is 1.35. The topological polar surface area (TPSA) is 56.2 Å². The van der Waals surface area contributed by atoms with Gasteiger partial charge in [0.15, 0.2) is 0 Å². The van der Waals surface area contributed by atoms with E-state index in [9.17, 15) is 4.55 Å². The Hall–Kier alpha value is -0.580. The van der Waals surface area contributed by atoms with Gasteiger partial charge in [-0.1, -0.05) is 6.07 Å². The maximum Gasteiger partial charge on any atom is 0.244 e. The van der Waals surface area contributed by atoms with Crippen LogP contribution in [-0.2, 0) is 11.2 Å². The molecule has 0 bridgehead atoms. The summed E-state index contributed by atoms with van der Waals surface area (Å²) in [4.78, 5) is 4.03. The fourth-order valence-electron chi connectivity index (χ4n) is 1.11.